The van der Waals surface area contributed by atoms with Crippen molar-refractivity contribution in [2.24, 2.45) is 11.8 Å². The lowest BCUT2D eigenvalue weighted by molar-refractivity contribution is 0.234. The second-order valence-corrected chi connectivity index (χ2v) is 8.99. The van der Waals surface area contributed by atoms with Gasteiger partial charge >= 0.3 is 15.2 Å². The molecule has 1 heterocycles. The monoisotopic (exact) mass is 285 g/mol. The molecule has 0 aromatic heterocycles. The molecule has 1 saturated heterocycles. The Morgan fingerprint density at radius 3 is 2.18 bits per heavy atom. The van der Waals surface area contributed by atoms with Crippen molar-refractivity contribution in [1.29, 1.82) is 0 Å². The Hall–Kier alpha value is 0.260. The maximum Gasteiger partial charge on any atom is 0.344 e. The van der Waals surface area contributed by atoms with Crippen LogP contribution in [-0.4, -0.2) is 37.6 Å². The van der Waals surface area contributed by atoms with Gasteiger partial charge in [0.15, 0.2) is 4.90 Å². The summed E-state index contributed by atoms with van der Waals surface area (Å²) in [4.78, 5) is 35.6. The molecule has 100 valence electrons. The van der Waals surface area contributed by atoms with Gasteiger partial charge in [0.25, 0.3) is 0 Å². The number of hydrogen-bond acceptors (Lipinski definition) is 3. The highest BCUT2D eigenvalue weighted by molar-refractivity contribution is 7.72. The van der Waals surface area contributed by atoms with E-state index in [1.165, 1.54) is 0 Å². The van der Waals surface area contributed by atoms with Crippen LogP contribution in [0.2, 0.25) is 0 Å². The van der Waals surface area contributed by atoms with E-state index < -0.39 is 26.0 Å². The largest absolute Gasteiger partial charge is 0.344 e. The lowest BCUT2D eigenvalue weighted by atomic mass is 9.89. The molecule has 2 rings (SSSR count). The lowest BCUT2D eigenvalue weighted by Gasteiger charge is -2.39. The van der Waals surface area contributed by atoms with Crippen molar-refractivity contribution < 1.29 is 28.7 Å². The molecule has 17 heavy (non-hydrogen) atoms. The summed E-state index contributed by atoms with van der Waals surface area (Å²) in [5.41, 5.74) is 0. The van der Waals surface area contributed by atoms with Crippen molar-refractivity contribution in [1.82, 2.24) is 5.32 Å². The molecule has 1 aliphatic carbocycles. The minimum Gasteiger partial charge on any atom is -0.324 e. The SMILES string of the molecule is O=P(O)(O)C1(P(=O)(O)O)CCC2CCNCC21. The average Bonchev–Trinajstić information content (AvgIpc) is 2.55. The van der Waals surface area contributed by atoms with Crippen LogP contribution >= 0.6 is 15.2 Å². The van der Waals surface area contributed by atoms with Crippen molar-refractivity contribution >= 4 is 15.2 Å². The van der Waals surface area contributed by atoms with Crippen LogP contribution in [0.3, 0.4) is 0 Å². The van der Waals surface area contributed by atoms with E-state index >= 15 is 0 Å². The molecule has 2 fully saturated rings. The highest BCUT2D eigenvalue weighted by Crippen LogP contribution is 2.77. The Morgan fingerprint density at radius 2 is 1.65 bits per heavy atom. The molecule has 0 radical (unpaired) electrons. The summed E-state index contributed by atoms with van der Waals surface area (Å²) in [7, 11) is -9.72. The average molecular weight is 285 g/mol. The first-order chi connectivity index (χ1) is 7.70. The Morgan fingerprint density at radius 1 is 1.06 bits per heavy atom. The Labute approximate surface area is 98.9 Å². The van der Waals surface area contributed by atoms with Gasteiger partial charge in [-0.05, 0) is 31.7 Å². The van der Waals surface area contributed by atoms with Gasteiger partial charge in [0, 0.05) is 12.5 Å². The Balaban J connectivity index is 2.49. The summed E-state index contributed by atoms with van der Waals surface area (Å²) in [6.07, 6.45) is 1.09. The van der Waals surface area contributed by atoms with Crippen LogP contribution in [0.1, 0.15) is 19.3 Å². The molecule has 7 nitrogen and oxygen atoms in total. The third kappa shape index (κ3) is 1.94. The molecule has 1 saturated carbocycles. The van der Waals surface area contributed by atoms with E-state index in [4.69, 9.17) is 0 Å². The molecule has 9 heteroatoms. The number of fused-ring (bicyclic) bond motifs is 1. The maximum absolute atomic E-state index is 11.6. The van der Waals surface area contributed by atoms with Crippen molar-refractivity contribution in [3.63, 3.8) is 0 Å². The number of nitrogens with one attached hydrogen (secondary N) is 1. The quantitative estimate of drug-likeness (QED) is 0.454. The third-order valence-corrected chi connectivity index (χ3v) is 8.80. The topological polar surface area (TPSA) is 127 Å². The van der Waals surface area contributed by atoms with Gasteiger partial charge in [-0.25, -0.2) is 0 Å². The van der Waals surface area contributed by atoms with Crippen LogP contribution in [0.15, 0.2) is 0 Å². The molecule has 2 aliphatic rings. The molecule has 0 aromatic rings. The minimum absolute atomic E-state index is 0.00324. The zero-order valence-corrected chi connectivity index (χ0v) is 11.0. The van der Waals surface area contributed by atoms with Crippen molar-refractivity contribution in [2.45, 2.75) is 24.2 Å². The highest BCUT2D eigenvalue weighted by Gasteiger charge is 2.68. The van der Waals surface area contributed by atoms with Crippen LogP contribution < -0.4 is 5.32 Å². The van der Waals surface area contributed by atoms with Crippen LogP contribution in [0.5, 0.6) is 0 Å². The van der Waals surface area contributed by atoms with Gasteiger partial charge in [-0.15, -0.1) is 0 Å². The number of rotatable bonds is 2. The zero-order valence-electron chi connectivity index (χ0n) is 9.19. The molecule has 0 amide bonds. The van der Waals surface area contributed by atoms with E-state index in [0.29, 0.717) is 12.8 Å². The maximum atomic E-state index is 11.6. The molecule has 0 spiro atoms. The van der Waals surface area contributed by atoms with Gasteiger partial charge in [-0.2, -0.15) is 0 Å². The van der Waals surface area contributed by atoms with Gasteiger partial charge in [-0.1, -0.05) is 0 Å². The van der Waals surface area contributed by atoms with Crippen LogP contribution in [0, 0.1) is 11.8 Å². The van der Waals surface area contributed by atoms with Crippen molar-refractivity contribution in [2.75, 3.05) is 13.1 Å². The molecule has 5 N–H and O–H groups in total. The van der Waals surface area contributed by atoms with Gasteiger partial charge in [0.05, 0.1) is 0 Å². The van der Waals surface area contributed by atoms with Crippen LogP contribution in [-0.2, 0) is 9.13 Å². The molecule has 1 aliphatic heterocycles. The second kappa shape index (κ2) is 4.14. The normalized spacial score (nSPS) is 33.4. The van der Waals surface area contributed by atoms with E-state index in [9.17, 15) is 28.7 Å². The fraction of sp³-hybridized carbons (Fsp3) is 1.00. The van der Waals surface area contributed by atoms with E-state index in [1.807, 2.05) is 0 Å². The van der Waals surface area contributed by atoms with E-state index in [1.54, 1.807) is 0 Å². The third-order valence-electron chi connectivity index (χ3n) is 4.11. The molecular weight excluding hydrogens is 268 g/mol. The molecule has 2 unspecified atom stereocenters. The first kappa shape index (κ1) is 13.7. The second-order valence-electron chi connectivity index (χ2n) is 4.86. The molecule has 2 atom stereocenters. The smallest absolute Gasteiger partial charge is 0.324 e. The van der Waals surface area contributed by atoms with Crippen LogP contribution in [0.25, 0.3) is 0 Å². The molecule has 0 aromatic carbocycles. The van der Waals surface area contributed by atoms with E-state index in [-0.39, 0.29) is 18.9 Å². The molecular formula is C8H17NO6P2. The van der Waals surface area contributed by atoms with Gasteiger partial charge in [0.1, 0.15) is 0 Å². The summed E-state index contributed by atoms with van der Waals surface area (Å²) in [6.45, 7) is 1.00. The summed E-state index contributed by atoms with van der Waals surface area (Å²) in [6, 6.07) is 0. The first-order valence-corrected chi connectivity index (χ1v) is 8.74. The summed E-state index contributed by atoms with van der Waals surface area (Å²) >= 11 is 0. The Kier molecular flexibility index (Phi) is 3.33. The fourth-order valence-corrected chi connectivity index (χ4v) is 6.94. The van der Waals surface area contributed by atoms with E-state index in [2.05, 4.69) is 5.32 Å². The first-order valence-electron chi connectivity index (χ1n) is 5.52. The standard InChI is InChI=1S/C8H17NO6P2/c10-16(11,12)8(17(13,14)15)3-1-6-2-4-9-5-7(6)8/h6-7,9H,1-5H2,(H2,10,11,12)(H2,13,14,15). The van der Waals surface area contributed by atoms with Gasteiger partial charge in [0.2, 0.25) is 0 Å². The summed E-state index contributed by atoms with van der Waals surface area (Å²) in [5.74, 6) is -0.644. The lowest BCUT2D eigenvalue weighted by Crippen LogP contribution is -2.45. The highest BCUT2D eigenvalue weighted by atomic mass is 31.2. The predicted molar refractivity (Wildman–Crippen MR) is 60.5 cm³/mol. The molecule has 0 bridgehead atoms. The zero-order chi connectivity index (χ0) is 12.9. The number of piperidine rings is 1. The summed E-state index contributed by atoms with van der Waals surface area (Å²) in [5, 5.41) is 2.97. The minimum atomic E-state index is -4.86. The fourth-order valence-electron chi connectivity index (χ4n) is 3.28. The predicted octanol–water partition coefficient (Wildman–Crippen LogP) is 0.0576. The van der Waals surface area contributed by atoms with Crippen molar-refractivity contribution in [3.8, 4) is 0 Å². The van der Waals surface area contributed by atoms with E-state index in [0.717, 1.165) is 6.54 Å². The van der Waals surface area contributed by atoms with Crippen molar-refractivity contribution in [3.05, 3.63) is 0 Å². The van der Waals surface area contributed by atoms with Gasteiger partial charge in [-0.3, -0.25) is 9.13 Å². The number of hydrogen-bond donors (Lipinski definition) is 5. The Bertz CT molecular complexity index is 379. The van der Waals surface area contributed by atoms with Crippen LogP contribution in [0.4, 0.5) is 0 Å². The summed E-state index contributed by atoms with van der Waals surface area (Å²) < 4.78 is 23.3. The van der Waals surface area contributed by atoms with Gasteiger partial charge < -0.3 is 24.9 Å².